The maximum Gasteiger partial charge on any atom is 0.197 e. The van der Waals surface area contributed by atoms with Crippen LogP contribution in [0.2, 0.25) is 10.0 Å². The largest absolute Gasteiger partial charge is 0.288 e. The second-order valence-electron chi connectivity index (χ2n) is 3.54. The zero-order valence-corrected chi connectivity index (χ0v) is 10.7. The van der Waals surface area contributed by atoms with E-state index >= 15 is 0 Å². The Hall–Kier alpha value is -1.32. The minimum Gasteiger partial charge on any atom is -0.288 e. The van der Waals surface area contributed by atoms with E-state index in [0.29, 0.717) is 21.2 Å². The van der Waals surface area contributed by atoms with Gasteiger partial charge in [-0.25, -0.2) is 0 Å². The summed E-state index contributed by atoms with van der Waals surface area (Å²) in [5.41, 5.74) is 0.961. The molecule has 2 aromatic rings. The Morgan fingerprint density at radius 1 is 1.41 bits per heavy atom. The summed E-state index contributed by atoms with van der Waals surface area (Å²) in [5, 5.41) is 4.92. The molecule has 0 aliphatic carbocycles. The Balaban J connectivity index is 2.36. The van der Waals surface area contributed by atoms with E-state index in [1.54, 1.807) is 29.1 Å². The zero-order valence-electron chi connectivity index (χ0n) is 9.15. The molecule has 1 aromatic carbocycles. The van der Waals surface area contributed by atoms with Crippen LogP contribution < -0.4 is 0 Å². The number of hydrogen-bond acceptors (Lipinski definition) is 2. The van der Waals surface area contributed by atoms with Crippen LogP contribution in [0.25, 0.3) is 0 Å². The summed E-state index contributed by atoms with van der Waals surface area (Å²) in [4.78, 5) is 12.1. The number of aromatic nitrogens is 2. The van der Waals surface area contributed by atoms with Crippen molar-refractivity contribution < 1.29 is 4.79 Å². The van der Waals surface area contributed by atoms with E-state index in [2.05, 4.69) is 5.10 Å². The Bertz CT molecular complexity index is 563. The molecule has 1 aromatic heterocycles. The molecule has 0 aliphatic rings. The van der Waals surface area contributed by atoms with E-state index in [9.17, 15) is 4.79 Å². The van der Waals surface area contributed by atoms with Crippen LogP contribution in [0.4, 0.5) is 0 Å². The monoisotopic (exact) mass is 268 g/mol. The minimum atomic E-state index is -0.147. The summed E-state index contributed by atoms with van der Waals surface area (Å²) >= 11 is 11.8. The Kier molecular flexibility index (Phi) is 3.50. The van der Waals surface area contributed by atoms with Gasteiger partial charge in [0.25, 0.3) is 0 Å². The number of carbonyl (C=O) groups is 1. The third kappa shape index (κ3) is 2.51. The molecular weight excluding hydrogens is 259 g/mol. The molecule has 0 bridgehead atoms. The Morgan fingerprint density at radius 3 is 2.76 bits per heavy atom. The van der Waals surface area contributed by atoms with Crippen molar-refractivity contribution in [3.8, 4) is 0 Å². The van der Waals surface area contributed by atoms with Crippen LogP contribution in [-0.4, -0.2) is 15.6 Å². The first-order valence-corrected chi connectivity index (χ1v) is 5.89. The second-order valence-corrected chi connectivity index (χ2v) is 4.38. The van der Waals surface area contributed by atoms with Crippen molar-refractivity contribution in [2.24, 2.45) is 0 Å². The Morgan fingerprint density at radius 2 is 2.18 bits per heavy atom. The quantitative estimate of drug-likeness (QED) is 0.800. The van der Waals surface area contributed by atoms with Gasteiger partial charge in [-0.1, -0.05) is 23.2 Å². The van der Waals surface area contributed by atoms with E-state index in [-0.39, 0.29) is 5.78 Å². The summed E-state index contributed by atoms with van der Waals surface area (Å²) in [6, 6.07) is 4.82. The fourth-order valence-electron chi connectivity index (χ4n) is 1.48. The first kappa shape index (κ1) is 12.1. The SMILES string of the molecule is CCn1cc(C(=O)c2ccc(Cl)cc2Cl)cn1. The van der Waals surface area contributed by atoms with E-state index < -0.39 is 0 Å². The number of hydrogen-bond donors (Lipinski definition) is 0. The first-order valence-electron chi connectivity index (χ1n) is 5.14. The minimum absolute atomic E-state index is 0.147. The molecule has 17 heavy (non-hydrogen) atoms. The van der Waals surface area contributed by atoms with Crippen molar-refractivity contribution >= 4 is 29.0 Å². The molecule has 0 unspecified atom stereocenters. The van der Waals surface area contributed by atoms with Gasteiger partial charge in [-0.2, -0.15) is 5.10 Å². The molecule has 3 nitrogen and oxygen atoms in total. The van der Waals surface area contributed by atoms with Crippen molar-refractivity contribution in [3.05, 3.63) is 51.8 Å². The maximum atomic E-state index is 12.1. The molecule has 88 valence electrons. The van der Waals surface area contributed by atoms with Crippen LogP contribution in [0, 0.1) is 0 Å². The van der Waals surface area contributed by atoms with Crippen molar-refractivity contribution in [1.82, 2.24) is 9.78 Å². The summed E-state index contributed by atoms with van der Waals surface area (Å²) in [6.07, 6.45) is 3.24. The van der Waals surface area contributed by atoms with Crippen LogP contribution in [0.3, 0.4) is 0 Å². The van der Waals surface area contributed by atoms with Gasteiger partial charge in [0.05, 0.1) is 16.8 Å². The van der Waals surface area contributed by atoms with E-state index in [0.717, 1.165) is 6.54 Å². The van der Waals surface area contributed by atoms with Gasteiger partial charge < -0.3 is 0 Å². The molecule has 0 aliphatic heterocycles. The van der Waals surface area contributed by atoms with Gasteiger partial charge in [0.1, 0.15) is 0 Å². The zero-order chi connectivity index (χ0) is 12.4. The van der Waals surface area contributed by atoms with Gasteiger partial charge in [-0.3, -0.25) is 9.48 Å². The Labute approximate surface area is 109 Å². The number of rotatable bonds is 3. The summed E-state index contributed by atoms with van der Waals surface area (Å²) in [6.45, 7) is 2.68. The van der Waals surface area contributed by atoms with Gasteiger partial charge in [-0.15, -0.1) is 0 Å². The van der Waals surface area contributed by atoms with Crippen LogP contribution in [-0.2, 0) is 6.54 Å². The highest BCUT2D eigenvalue weighted by Gasteiger charge is 2.14. The molecular formula is C12H10Cl2N2O. The van der Waals surface area contributed by atoms with Crippen LogP contribution in [0.15, 0.2) is 30.6 Å². The third-order valence-corrected chi connectivity index (χ3v) is 2.94. The van der Waals surface area contributed by atoms with Crippen molar-refractivity contribution in [2.45, 2.75) is 13.5 Å². The van der Waals surface area contributed by atoms with Gasteiger partial charge in [0, 0.05) is 23.3 Å². The second kappa shape index (κ2) is 4.90. The highest BCUT2D eigenvalue weighted by molar-refractivity contribution is 6.37. The summed E-state index contributed by atoms with van der Waals surface area (Å²) in [7, 11) is 0. The van der Waals surface area contributed by atoms with Gasteiger partial charge >= 0.3 is 0 Å². The molecule has 2 rings (SSSR count). The fourth-order valence-corrected chi connectivity index (χ4v) is 1.98. The van der Waals surface area contributed by atoms with Gasteiger partial charge in [-0.05, 0) is 25.1 Å². The third-order valence-electron chi connectivity index (χ3n) is 2.40. The summed E-state index contributed by atoms with van der Waals surface area (Å²) in [5.74, 6) is -0.147. The van der Waals surface area contributed by atoms with Crippen LogP contribution in [0.5, 0.6) is 0 Å². The molecule has 0 N–H and O–H groups in total. The molecule has 0 saturated carbocycles. The van der Waals surface area contributed by atoms with Gasteiger partial charge in [0.2, 0.25) is 0 Å². The summed E-state index contributed by atoms with van der Waals surface area (Å²) < 4.78 is 1.69. The van der Waals surface area contributed by atoms with E-state index in [4.69, 9.17) is 23.2 Å². The molecule has 0 atom stereocenters. The average Bonchev–Trinajstić information content (AvgIpc) is 2.76. The number of carbonyl (C=O) groups excluding carboxylic acids is 1. The number of halogens is 2. The van der Waals surface area contributed by atoms with Gasteiger partial charge in [0.15, 0.2) is 5.78 Å². The topological polar surface area (TPSA) is 34.9 Å². The number of nitrogens with zero attached hydrogens (tertiary/aromatic N) is 2. The predicted molar refractivity (Wildman–Crippen MR) is 67.8 cm³/mol. The number of benzene rings is 1. The molecule has 1 heterocycles. The number of aryl methyl sites for hydroxylation is 1. The lowest BCUT2D eigenvalue weighted by atomic mass is 10.1. The molecule has 0 amide bonds. The lowest BCUT2D eigenvalue weighted by Gasteiger charge is -2.01. The van der Waals surface area contributed by atoms with Crippen molar-refractivity contribution in [2.75, 3.05) is 0 Å². The molecule has 0 fully saturated rings. The maximum absolute atomic E-state index is 12.1. The molecule has 5 heteroatoms. The first-order chi connectivity index (χ1) is 8.11. The lowest BCUT2D eigenvalue weighted by Crippen LogP contribution is -2.01. The standard InChI is InChI=1S/C12H10Cl2N2O/c1-2-16-7-8(6-15-16)12(17)10-4-3-9(13)5-11(10)14/h3-7H,2H2,1H3. The molecule has 0 spiro atoms. The highest BCUT2D eigenvalue weighted by Crippen LogP contribution is 2.23. The predicted octanol–water partition coefficient (Wildman–Crippen LogP) is 3.44. The number of ketones is 1. The van der Waals surface area contributed by atoms with Crippen LogP contribution in [0.1, 0.15) is 22.8 Å². The van der Waals surface area contributed by atoms with Crippen molar-refractivity contribution in [1.29, 1.82) is 0 Å². The highest BCUT2D eigenvalue weighted by atomic mass is 35.5. The van der Waals surface area contributed by atoms with E-state index in [1.165, 1.54) is 6.20 Å². The molecule has 0 radical (unpaired) electrons. The normalized spacial score (nSPS) is 10.5. The average molecular weight is 269 g/mol. The van der Waals surface area contributed by atoms with Crippen LogP contribution >= 0.6 is 23.2 Å². The molecule has 0 saturated heterocycles. The fraction of sp³-hybridized carbons (Fsp3) is 0.167. The lowest BCUT2D eigenvalue weighted by molar-refractivity contribution is 0.103. The van der Waals surface area contributed by atoms with Crippen molar-refractivity contribution in [3.63, 3.8) is 0 Å². The van der Waals surface area contributed by atoms with E-state index in [1.807, 2.05) is 6.92 Å². The smallest absolute Gasteiger partial charge is 0.197 e.